The van der Waals surface area contributed by atoms with Gasteiger partial charge in [0.1, 0.15) is 0 Å². The summed E-state index contributed by atoms with van der Waals surface area (Å²) in [6.07, 6.45) is 4.01. The van der Waals surface area contributed by atoms with Crippen molar-refractivity contribution in [2.24, 2.45) is 4.99 Å². The second-order valence-electron chi connectivity index (χ2n) is 9.87. The molecular formula is C22H39NO6SSi3. The van der Waals surface area contributed by atoms with Crippen molar-refractivity contribution in [1.29, 1.82) is 0 Å². The number of allylic oxidation sites excluding steroid dienone is 1. The summed E-state index contributed by atoms with van der Waals surface area (Å²) in [6, 6.07) is 8.68. The van der Waals surface area contributed by atoms with E-state index in [9.17, 15) is 13.2 Å². The Morgan fingerprint density at radius 1 is 0.970 bits per heavy atom. The summed E-state index contributed by atoms with van der Waals surface area (Å²) in [6.45, 7) is 15.8. The highest BCUT2D eigenvalue weighted by molar-refractivity contribution is 7.96. The Balaban J connectivity index is 2.79. The molecule has 0 saturated heterocycles. The van der Waals surface area contributed by atoms with Crippen molar-refractivity contribution in [3.8, 4) is 0 Å². The zero-order valence-corrected chi connectivity index (χ0v) is 25.0. The predicted molar refractivity (Wildman–Crippen MR) is 142 cm³/mol. The summed E-state index contributed by atoms with van der Waals surface area (Å²) in [5.74, 6) is -0.888. The highest BCUT2D eigenvalue weighted by Crippen LogP contribution is 2.25. The number of carbonyl (C=O) groups excluding carboxylic acids is 1. The van der Waals surface area contributed by atoms with Crippen LogP contribution in [0.1, 0.15) is 12.8 Å². The topological polar surface area (TPSA) is 91.3 Å². The number of sulfone groups is 1. The Bertz CT molecular complexity index is 919. The molecule has 11 heteroatoms. The molecule has 0 N–H and O–H groups in total. The molecule has 1 rings (SSSR count). The molecule has 0 amide bonds. The first-order valence-corrected chi connectivity index (χ1v) is 21.9. The monoisotopic (exact) mass is 529 g/mol. The maximum atomic E-state index is 12.8. The van der Waals surface area contributed by atoms with Crippen molar-refractivity contribution in [3.05, 3.63) is 41.3 Å². The molecule has 1 aromatic rings. The number of methoxy groups -OCH3 is 1. The standard InChI is InChI=1S/C22H39NO6SSi3/c1-27-22(24)21(30(25,26)20-14-10-9-11-15-20)16-12-17-23-18-13-19-33(8,28-31(2,3)4)29-32(5,6)7/h9-11,14-17H,12-13,18-19H2,1-8H3. The maximum absolute atomic E-state index is 12.8. The van der Waals surface area contributed by atoms with E-state index in [0.29, 0.717) is 6.54 Å². The highest BCUT2D eigenvalue weighted by atomic mass is 32.2. The van der Waals surface area contributed by atoms with E-state index in [0.717, 1.165) is 19.6 Å². The van der Waals surface area contributed by atoms with Crippen molar-refractivity contribution in [2.75, 3.05) is 13.7 Å². The van der Waals surface area contributed by atoms with Crippen LogP contribution in [0.4, 0.5) is 0 Å². The summed E-state index contributed by atoms with van der Waals surface area (Å²) < 4.78 is 43.3. The second-order valence-corrected chi connectivity index (χ2v) is 24.6. The molecule has 0 unspecified atom stereocenters. The number of hydrogen-bond donors (Lipinski definition) is 0. The van der Waals surface area contributed by atoms with Crippen LogP contribution in [0.25, 0.3) is 0 Å². The lowest BCUT2D eigenvalue weighted by Gasteiger charge is -2.38. The molecule has 0 aliphatic carbocycles. The highest BCUT2D eigenvalue weighted by Gasteiger charge is 2.39. The van der Waals surface area contributed by atoms with Gasteiger partial charge in [-0.2, -0.15) is 0 Å². The van der Waals surface area contributed by atoms with Crippen LogP contribution < -0.4 is 0 Å². The summed E-state index contributed by atoms with van der Waals surface area (Å²) in [5, 5.41) is 0. The number of nitrogens with zero attached hydrogens (tertiary/aromatic N) is 1. The Labute approximate surface area is 202 Å². The largest absolute Gasteiger partial charge is 0.465 e. The lowest BCUT2D eigenvalue weighted by atomic mass is 10.4. The van der Waals surface area contributed by atoms with E-state index in [1.807, 2.05) is 0 Å². The lowest BCUT2D eigenvalue weighted by Crippen LogP contribution is -2.52. The van der Waals surface area contributed by atoms with E-state index in [1.165, 1.54) is 18.2 Å². The van der Waals surface area contributed by atoms with Crippen LogP contribution in [-0.4, -0.2) is 59.5 Å². The number of benzene rings is 1. The third-order valence-corrected chi connectivity index (χ3v) is 15.6. The van der Waals surface area contributed by atoms with E-state index in [-0.39, 0.29) is 16.2 Å². The fraction of sp³-hybridized carbons (Fsp3) is 0.545. The molecule has 0 radical (unpaired) electrons. The van der Waals surface area contributed by atoms with E-state index in [2.05, 4.69) is 55.6 Å². The SMILES string of the molecule is COC(=O)C(=CCC=NCCC[Si](C)(O[Si](C)(C)C)O[Si](C)(C)C)S(=O)(=O)c1ccccc1. The fourth-order valence-corrected chi connectivity index (χ4v) is 17.3. The molecule has 33 heavy (non-hydrogen) atoms. The molecular weight excluding hydrogens is 491 g/mol. The molecule has 0 bridgehead atoms. The number of esters is 1. The number of ether oxygens (including phenoxy) is 1. The molecule has 7 nitrogen and oxygen atoms in total. The molecule has 0 spiro atoms. The third-order valence-electron chi connectivity index (χ3n) is 4.23. The van der Waals surface area contributed by atoms with E-state index < -0.39 is 41.0 Å². The van der Waals surface area contributed by atoms with Crippen molar-refractivity contribution in [3.63, 3.8) is 0 Å². The third kappa shape index (κ3) is 11.1. The number of carbonyl (C=O) groups is 1. The van der Waals surface area contributed by atoms with Crippen molar-refractivity contribution >= 4 is 47.2 Å². The summed E-state index contributed by atoms with van der Waals surface area (Å²) in [5.41, 5.74) is 0. The zero-order chi connectivity index (χ0) is 25.3. The Morgan fingerprint density at radius 2 is 1.52 bits per heavy atom. The molecule has 1 aromatic carbocycles. The van der Waals surface area contributed by atoms with Gasteiger partial charge in [-0.15, -0.1) is 0 Å². The second kappa shape index (κ2) is 12.4. The smallest absolute Gasteiger partial charge is 0.349 e. The molecule has 0 saturated carbocycles. The minimum atomic E-state index is -3.96. The predicted octanol–water partition coefficient (Wildman–Crippen LogP) is 5.14. The first-order valence-electron chi connectivity index (χ1n) is 11.1. The summed E-state index contributed by atoms with van der Waals surface area (Å²) >= 11 is 0. The van der Waals surface area contributed by atoms with Crippen LogP contribution in [0.3, 0.4) is 0 Å². The quantitative estimate of drug-likeness (QED) is 0.115. The van der Waals surface area contributed by atoms with Gasteiger partial charge in [0.25, 0.3) is 0 Å². The molecule has 0 aromatic heterocycles. The van der Waals surface area contributed by atoms with Gasteiger partial charge in [0, 0.05) is 19.2 Å². The Kier molecular flexibility index (Phi) is 11.1. The molecule has 0 aliphatic heterocycles. The van der Waals surface area contributed by atoms with E-state index >= 15 is 0 Å². The van der Waals surface area contributed by atoms with Crippen molar-refractivity contribution < 1.29 is 26.2 Å². The Hall–Kier alpha value is -1.38. The number of hydrogen-bond acceptors (Lipinski definition) is 7. The Morgan fingerprint density at radius 3 is 2.00 bits per heavy atom. The van der Waals surface area contributed by atoms with Gasteiger partial charge < -0.3 is 13.0 Å². The van der Waals surface area contributed by atoms with Crippen LogP contribution in [0, 0.1) is 0 Å². The average Bonchev–Trinajstić information content (AvgIpc) is 2.67. The zero-order valence-electron chi connectivity index (χ0n) is 21.2. The molecule has 0 fully saturated rings. The maximum Gasteiger partial charge on any atom is 0.349 e. The van der Waals surface area contributed by atoms with Gasteiger partial charge in [0.2, 0.25) is 9.84 Å². The average molecular weight is 530 g/mol. The van der Waals surface area contributed by atoms with Crippen molar-refractivity contribution in [2.45, 2.75) is 69.6 Å². The summed E-state index contributed by atoms with van der Waals surface area (Å²) in [4.78, 5) is 16.2. The number of aliphatic imine (C=N–C) groups is 1. The van der Waals surface area contributed by atoms with Gasteiger partial charge in [-0.25, -0.2) is 13.2 Å². The van der Waals surface area contributed by atoms with Gasteiger partial charge in [0.15, 0.2) is 21.5 Å². The minimum Gasteiger partial charge on any atom is -0.465 e. The van der Waals surface area contributed by atoms with Gasteiger partial charge in [-0.05, 0) is 70.4 Å². The fourth-order valence-electron chi connectivity index (χ4n) is 3.37. The molecule has 0 aliphatic rings. The van der Waals surface area contributed by atoms with Crippen LogP contribution >= 0.6 is 0 Å². The molecule has 0 atom stereocenters. The van der Waals surface area contributed by atoms with Crippen LogP contribution in [0.5, 0.6) is 0 Å². The lowest BCUT2D eigenvalue weighted by molar-refractivity contribution is -0.135. The normalized spacial score (nSPS) is 14.0. The van der Waals surface area contributed by atoms with E-state index in [1.54, 1.807) is 24.4 Å². The van der Waals surface area contributed by atoms with Crippen LogP contribution in [0.15, 0.2) is 51.2 Å². The first-order chi connectivity index (χ1) is 15.1. The van der Waals surface area contributed by atoms with Gasteiger partial charge in [0.05, 0.1) is 12.0 Å². The van der Waals surface area contributed by atoms with Crippen LogP contribution in [-0.2, 0) is 27.6 Å². The number of rotatable bonds is 13. The van der Waals surface area contributed by atoms with Gasteiger partial charge in [-0.3, -0.25) is 4.99 Å². The van der Waals surface area contributed by atoms with Gasteiger partial charge >= 0.3 is 14.5 Å². The first kappa shape index (κ1) is 29.7. The summed E-state index contributed by atoms with van der Waals surface area (Å²) in [7, 11) is -8.56. The minimum absolute atomic E-state index is 0.0487. The molecule has 0 heterocycles. The van der Waals surface area contributed by atoms with Crippen molar-refractivity contribution in [1.82, 2.24) is 0 Å². The van der Waals surface area contributed by atoms with Gasteiger partial charge in [-0.1, -0.05) is 24.3 Å². The van der Waals surface area contributed by atoms with E-state index in [4.69, 9.17) is 8.23 Å². The molecule has 186 valence electrons. The van der Waals surface area contributed by atoms with Crippen LogP contribution in [0.2, 0.25) is 51.9 Å².